The van der Waals surface area contributed by atoms with Crippen molar-refractivity contribution in [3.8, 4) is 0 Å². The maximum absolute atomic E-state index is 11.7. The van der Waals surface area contributed by atoms with Crippen molar-refractivity contribution in [1.29, 1.82) is 0 Å². The van der Waals surface area contributed by atoms with E-state index in [0.29, 0.717) is 25.8 Å². The molecule has 31 heavy (non-hydrogen) atoms. The molecule has 0 saturated carbocycles. The monoisotopic (exact) mass is 441 g/mol. The Hall–Kier alpha value is -2.83. The van der Waals surface area contributed by atoms with Crippen LogP contribution in [0.2, 0.25) is 0 Å². The van der Waals surface area contributed by atoms with Gasteiger partial charge in [0.05, 0.1) is 25.9 Å². The smallest absolute Gasteiger partial charge is 0.253 e. The van der Waals surface area contributed by atoms with Gasteiger partial charge in [-0.2, -0.15) is 0 Å². The molecule has 0 aromatic heterocycles. The summed E-state index contributed by atoms with van der Waals surface area (Å²) in [5, 5.41) is 5.31. The lowest BCUT2D eigenvalue weighted by molar-refractivity contribution is -0.137. The molecule has 5 amide bonds. The predicted molar refractivity (Wildman–Crippen MR) is 109 cm³/mol. The SMILES string of the molecule is NC(=O)C(N)CCCCNC(=O)COCCOCCNC(=O)CCN1C(=O)C=CC1=O. The van der Waals surface area contributed by atoms with Gasteiger partial charge in [-0.15, -0.1) is 0 Å². The Bertz CT molecular complexity index is 650. The molecule has 0 bridgehead atoms. The van der Waals surface area contributed by atoms with Gasteiger partial charge in [0, 0.05) is 38.2 Å². The van der Waals surface area contributed by atoms with Crippen LogP contribution in [0.1, 0.15) is 25.7 Å². The summed E-state index contributed by atoms with van der Waals surface area (Å²) in [6, 6.07) is -0.656. The van der Waals surface area contributed by atoms with Gasteiger partial charge in [-0.3, -0.25) is 28.9 Å². The molecule has 12 nitrogen and oxygen atoms in total. The zero-order valence-electron chi connectivity index (χ0n) is 17.5. The predicted octanol–water partition coefficient (Wildman–Crippen LogP) is -2.45. The topological polar surface area (TPSA) is 183 Å². The van der Waals surface area contributed by atoms with Gasteiger partial charge < -0.3 is 31.6 Å². The average Bonchev–Trinajstić information content (AvgIpc) is 3.05. The van der Waals surface area contributed by atoms with Crippen molar-refractivity contribution >= 4 is 29.5 Å². The van der Waals surface area contributed by atoms with Crippen LogP contribution in [0.25, 0.3) is 0 Å². The minimum atomic E-state index is -0.656. The Kier molecular flexibility index (Phi) is 12.7. The molecule has 174 valence electrons. The molecule has 0 saturated heterocycles. The number of nitrogens with two attached hydrogens (primary N) is 2. The molecule has 12 heteroatoms. The van der Waals surface area contributed by atoms with Gasteiger partial charge in [0.2, 0.25) is 17.7 Å². The molecule has 1 unspecified atom stereocenters. The number of ether oxygens (including phenoxy) is 2. The summed E-state index contributed by atoms with van der Waals surface area (Å²) in [6.07, 6.45) is 4.21. The van der Waals surface area contributed by atoms with E-state index in [1.807, 2.05) is 0 Å². The number of nitrogens with one attached hydrogen (secondary N) is 2. The highest BCUT2D eigenvalue weighted by atomic mass is 16.5. The highest BCUT2D eigenvalue weighted by molar-refractivity contribution is 6.13. The van der Waals surface area contributed by atoms with Crippen LogP contribution in [-0.2, 0) is 33.4 Å². The molecule has 0 aliphatic carbocycles. The first kappa shape index (κ1) is 26.2. The van der Waals surface area contributed by atoms with Crippen LogP contribution in [0, 0.1) is 0 Å². The molecule has 1 heterocycles. The van der Waals surface area contributed by atoms with E-state index in [2.05, 4.69) is 10.6 Å². The summed E-state index contributed by atoms with van der Waals surface area (Å²) in [5.41, 5.74) is 10.6. The van der Waals surface area contributed by atoms with Crippen LogP contribution in [0.5, 0.6) is 0 Å². The maximum atomic E-state index is 11.7. The number of hydrogen-bond acceptors (Lipinski definition) is 8. The summed E-state index contributed by atoms with van der Waals surface area (Å²) < 4.78 is 10.5. The van der Waals surface area contributed by atoms with Crippen molar-refractivity contribution in [1.82, 2.24) is 15.5 Å². The number of carbonyl (C=O) groups is 5. The van der Waals surface area contributed by atoms with E-state index in [1.165, 1.54) is 12.2 Å². The van der Waals surface area contributed by atoms with Gasteiger partial charge in [-0.25, -0.2) is 0 Å². The third kappa shape index (κ3) is 11.8. The summed E-state index contributed by atoms with van der Waals surface area (Å²) >= 11 is 0. The third-order valence-electron chi connectivity index (χ3n) is 4.27. The van der Waals surface area contributed by atoms with Crippen LogP contribution in [0.4, 0.5) is 0 Å². The Labute approximate surface area is 180 Å². The molecular weight excluding hydrogens is 410 g/mol. The number of primary amides is 1. The van der Waals surface area contributed by atoms with E-state index in [-0.39, 0.29) is 57.8 Å². The molecule has 0 fully saturated rings. The highest BCUT2D eigenvalue weighted by Gasteiger charge is 2.23. The van der Waals surface area contributed by atoms with E-state index < -0.39 is 23.8 Å². The molecule has 0 radical (unpaired) electrons. The molecule has 0 aromatic rings. The quantitative estimate of drug-likeness (QED) is 0.142. The molecular formula is C19H31N5O7. The van der Waals surface area contributed by atoms with Crippen molar-refractivity contribution in [2.75, 3.05) is 46.1 Å². The largest absolute Gasteiger partial charge is 0.377 e. The van der Waals surface area contributed by atoms with E-state index in [4.69, 9.17) is 20.9 Å². The average molecular weight is 441 g/mol. The number of carbonyl (C=O) groups excluding carboxylic acids is 5. The van der Waals surface area contributed by atoms with Crippen molar-refractivity contribution < 1.29 is 33.4 Å². The lowest BCUT2D eigenvalue weighted by Gasteiger charge is -2.13. The lowest BCUT2D eigenvalue weighted by Crippen LogP contribution is -2.36. The first-order chi connectivity index (χ1) is 14.8. The number of unbranched alkanes of at least 4 members (excludes halogenated alkanes) is 1. The molecule has 0 aromatic carbocycles. The second-order valence-corrected chi connectivity index (χ2v) is 6.78. The Morgan fingerprint density at radius 3 is 2.26 bits per heavy atom. The Balaban J connectivity index is 1.89. The maximum Gasteiger partial charge on any atom is 0.253 e. The van der Waals surface area contributed by atoms with Crippen LogP contribution in [-0.4, -0.2) is 86.5 Å². The molecule has 6 N–H and O–H groups in total. The summed E-state index contributed by atoms with van der Waals surface area (Å²) in [4.78, 5) is 57.8. The number of imide groups is 1. The second kappa shape index (κ2) is 15.0. The number of amides is 5. The molecule has 1 rings (SSSR count). The number of hydrogen-bond donors (Lipinski definition) is 4. The minimum absolute atomic E-state index is 0.0231. The van der Waals surface area contributed by atoms with Crippen LogP contribution in [0.3, 0.4) is 0 Å². The fraction of sp³-hybridized carbons (Fsp3) is 0.632. The van der Waals surface area contributed by atoms with Crippen molar-refractivity contribution in [2.24, 2.45) is 11.5 Å². The third-order valence-corrected chi connectivity index (χ3v) is 4.27. The zero-order valence-corrected chi connectivity index (χ0v) is 17.5. The van der Waals surface area contributed by atoms with Gasteiger partial charge in [-0.05, 0) is 19.3 Å². The van der Waals surface area contributed by atoms with E-state index in [9.17, 15) is 24.0 Å². The van der Waals surface area contributed by atoms with Crippen LogP contribution < -0.4 is 22.1 Å². The first-order valence-electron chi connectivity index (χ1n) is 10.1. The molecule has 1 aliphatic rings. The van der Waals surface area contributed by atoms with E-state index in [0.717, 1.165) is 4.90 Å². The molecule has 1 aliphatic heterocycles. The normalized spacial score (nSPS) is 14.0. The van der Waals surface area contributed by atoms with Crippen molar-refractivity contribution in [2.45, 2.75) is 31.7 Å². The van der Waals surface area contributed by atoms with Gasteiger partial charge in [-0.1, -0.05) is 0 Å². The first-order valence-corrected chi connectivity index (χ1v) is 10.1. The van der Waals surface area contributed by atoms with E-state index in [1.54, 1.807) is 0 Å². The fourth-order valence-corrected chi connectivity index (χ4v) is 2.51. The standard InChI is InChI=1S/C19H31N5O7/c20-14(19(21)29)3-1-2-7-22-16(26)13-31-12-11-30-10-8-23-15(25)6-9-24-17(27)4-5-18(24)28/h4-5,14H,1-3,6-13,20H2,(H2,21,29)(H,22,26)(H,23,25). The van der Waals surface area contributed by atoms with Gasteiger partial charge >= 0.3 is 0 Å². The van der Waals surface area contributed by atoms with Crippen molar-refractivity contribution in [3.63, 3.8) is 0 Å². The summed E-state index contributed by atoms with van der Waals surface area (Å²) in [6.45, 7) is 1.42. The van der Waals surface area contributed by atoms with Crippen LogP contribution in [0.15, 0.2) is 12.2 Å². The van der Waals surface area contributed by atoms with Gasteiger partial charge in [0.1, 0.15) is 6.61 Å². The van der Waals surface area contributed by atoms with Gasteiger partial charge in [0.25, 0.3) is 11.8 Å². The highest BCUT2D eigenvalue weighted by Crippen LogP contribution is 2.03. The summed E-state index contributed by atoms with van der Waals surface area (Å²) in [5.74, 6) is -1.91. The number of rotatable bonds is 17. The number of nitrogens with zero attached hydrogens (tertiary/aromatic N) is 1. The van der Waals surface area contributed by atoms with Crippen molar-refractivity contribution in [3.05, 3.63) is 12.2 Å². The van der Waals surface area contributed by atoms with Gasteiger partial charge in [0.15, 0.2) is 0 Å². The van der Waals surface area contributed by atoms with E-state index >= 15 is 0 Å². The molecule has 1 atom stereocenters. The Morgan fingerprint density at radius 2 is 1.58 bits per heavy atom. The molecule has 0 spiro atoms. The lowest BCUT2D eigenvalue weighted by atomic mass is 10.1. The zero-order chi connectivity index (χ0) is 23.1. The Morgan fingerprint density at radius 1 is 0.935 bits per heavy atom. The minimum Gasteiger partial charge on any atom is -0.377 e. The fourth-order valence-electron chi connectivity index (χ4n) is 2.51. The second-order valence-electron chi connectivity index (χ2n) is 6.78. The van der Waals surface area contributed by atoms with Crippen LogP contribution >= 0.6 is 0 Å². The summed E-state index contributed by atoms with van der Waals surface area (Å²) in [7, 11) is 0.